The second-order valence-electron chi connectivity index (χ2n) is 4.91. The molecule has 3 N–H and O–H groups in total. The van der Waals surface area contributed by atoms with Gasteiger partial charge in [0.05, 0.1) is 6.61 Å². The van der Waals surface area contributed by atoms with Gasteiger partial charge >= 0.3 is 0 Å². The van der Waals surface area contributed by atoms with Gasteiger partial charge in [0.25, 0.3) is 0 Å². The van der Waals surface area contributed by atoms with Gasteiger partial charge in [-0.2, -0.15) is 0 Å². The number of anilines is 1. The monoisotopic (exact) mass is 236 g/mol. The van der Waals surface area contributed by atoms with Crippen LogP contribution in [0.3, 0.4) is 0 Å². The fourth-order valence-corrected chi connectivity index (χ4v) is 2.04. The maximum atomic E-state index is 5.45. The third-order valence-electron chi connectivity index (χ3n) is 2.86. The Balaban J connectivity index is 2.24. The number of hydrogen-bond donors (Lipinski definition) is 2. The third kappa shape index (κ3) is 3.14. The molecule has 5 heteroatoms. The molecular formula is C12H20N4O. The van der Waals surface area contributed by atoms with E-state index >= 15 is 0 Å². The van der Waals surface area contributed by atoms with Crippen LogP contribution in [0.15, 0.2) is 6.07 Å². The van der Waals surface area contributed by atoms with Crippen molar-refractivity contribution in [2.24, 2.45) is 11.8 Å². The predicted octanol–water partition coefficient (Wildman–Crippen LogP) is 1.46. The van der Waals surface area contributed by atoms with Crippen molar-refractivity contribution >= 4 is 5.82 Å². The largest absolute Gasteiger partial charge is 0.381 e. The first-order chi connectivity index (χ1) is 8.19. The Morgan fingerprint density at radius 1 is 1.53 bits per heavy atom. The van der Waals surface area contributed by atoms with Crippen molar-refractivity contribution in [1.29, 1.82) is 0 Å². The number of nitrogens with one attached hydrogen (secondary N) is 1. The van der Waals surface area contributed by atoms with Gasteiger partial charge in [-0.15, -0.1) is 0 Å². The van der Waals surface area contributed by atoms with Crippen LogP contribution < -0.4 is 11.3 Å². The third-order valence-corrected chi connectivity index (χ3v) is 2.86. The van der Waals surface area contributed by atoms with Gasteiger partial charge in [-0.3, -0.25) is 0 Å². The van der Waals surface area contributed by atoms with Gasteiger partial charge in [0.1, 0.15) is 11.6 Å². The van der Waals surface area contributed by atoms with E-state index in [1.807, 2.05) is 6.07 Å². The van der Waals surface area contributed by atoms with Gasteiger partial charge in [-0.25, -0.2) is 15.8 Å². The summed E-state index contributed by atoms with van der Waals surface area (Å²) in [5.41, 5.74) is 3.66. The van der Waals surface area contributed by atoms with E-state index < -0.39 is 0 Å². The van der Waals surface area contributed by atoms with Crippen molar-refractivity contribution in [2.75, 3.05) is 18.6 Å². The molecule has 0 aromatic carbocycles. The van der Waals surface area contributed by atoms with Gasteiger partial charge < -0.3 is 10.2 Å². The van der Waals surface area contributed by atoms with Crippen LogP contribution >= 0.6 is 0 Å². The topological polar surface area (TPSA) is 73.1 Å². The fourth-order valence-electron chi connectivity index (χ4n) is 2.04. The molecule has 1 aromatic rings. The van der Waals surface area contributed by atoms with E-state index in [0.717, 1.165) is 37.6 Å². The molecule has 0 bridgehead atoms. The number of nitrogens with zero attached hydrogens (tertiary/aromatic N) is 2. The van der Waals surface area contributed by atoms with Crippen molar-refractivity contribution in [3.8, 4) is 0 Å². The number of aromatic nitrogens is 2. The molecule has 1 saturated heterocycles. The second kappa shape index (κ2) is 5.42. The highest BCUT2D eigenvalue weighted by molar-refractivity contribution is 5.35. The van der Waals surface area contributed by atoms with Crippen LogP contribution in [0.1, 0.15) is 37.7 Å². The Labute approximate surface area is 102 Å². The average Bonchev–Trinajstić information content (AvgIpc) is 2.81. The molecule has 0 spiro atoms. The Bertz CT molecular complexity index is 375. The number of nitrogen functional groups attached to an aromatic ring is 1. The average molecular weight is 236 g/mol. The fraction of sp³-hybridized carbons (Fsp3) is 0.667. The molecule has 1 unspecified atom stereocenters. The zero-order valence-electron chi connectivity index (χ0n) is 10.4. The van der Waals surface area contributed by atoms with Crippen LogP contribution in [0, 0.1) is 5.92 Å². The summed E-state index contributed by atoms with van der Waals surface area (Å²) in [6.45, 7) is 5.87. The molecular weight excluding hydrogens is 216 g/mol. The highest BCUT2D eigenvalue weighted by Gasteiger charge is 2.21. The summed E-state index contributed by atoms with van der Waals surface area (Å²) in [7, 11) is 0. The van der Waals surface area contributed by atoms with Crippen LogP contribution in [-0.2, 0) is 11.2 Å². The van der Waals surface area contributed by atoms with E-state index in [1.54, 1.807) is 0 Å². The smallest absolute Gasteiger partial charge is 0.143 e. The van der Waals surface area contributed by atoms with Crippen LogP contribution in [0.2, 0.25) is 0 Å². The van der Waals surface area contributed by atoms with Crippen molar-refractivity contribution in [3.05, 3.63) is 17.6 Å². The molecule has 94 valence electrons. The second-order valence-corrected chi connectivity index (χ2v) is 4.91. The zero-order valence-corrected chi connectivity index (χ0v) is 10.4. The van der Waals surface area contributed by atoms with E-state index in [9.17, 15) is 0 Å². The van der Waals surface area contributed by atoms with Gasteiger partial charge in [-0.05, 0) is 18.8 Å². The van der Waals surface area contributed by atoms with Crippen LogP contribution in [0.25, 0.3) is 0 Å². The van der Waals surface area contributed by atoms with E-state index in [0.29, 0.717) is 17.7 Å². The first kappa shape index (κ1) is 12.3. The molecule has 2 heterocycles. The van der Waals surface area contributed by atoms with Crippen molar-refractivity contribution in [1.82, 2.24) is 9.97 Å². The molecule has 5 nitrogen and oxygen atoms in total. The number of hydrazine groups is 1. The lowest BCUT2D eigenvalue weighted by molar-refractivity contribution is 0.193. The molecule has 1 aliphatic rings. The number of ether oxygens (including phenoxy) is 1. The standard InChI is InChI=1S/C12H20N4O/c1-8(2)5-10-6-11(16-13)15-12(14-10)9-3-4-17-7-9/h6,8-9H,3-5,7,13H2,1-2H3,(H,14,15,16). The van der Waals surface area contributed by atoms with Gasteiger partial charge in [-0.1, -0.05) is 13.8 Å². The van der Waals surface area contributed by atoms with E-state index in [1.165, 1.54) is 0 Å². The first-order valence-corrected chi connectivity index (χ1v) is 6.11. The normalized spacial score (nSPS) is 19.9. The summed E-state index contributed by atoms with van der Waals surface area (Å²) in [6.07, 6.45) is 1.94. The first-order valence-electron chi connectivity index (χ1n) is 6.11. The van der Waals surface area contributed by atoms with Crippen molar-refractivity contribution in [3.63, 3.8) is 0 Å². The quantitative estimate of drug-likeness (QED) is 0.611. The molecule has 1 atom stereocenters. The van der Waals surface area contributed by atoms with Crippen molar-refractivity contribution in [2.45, 2.75) is 32.6 Å². The lowest BCUT2D eigenvalue weighted by atomic mass is 10.1. The van der Waals surface area contributed by atoms with Gasteiger partial charge in [0, 0.05) is 24.3 Å². The summed E-state index contributed by atoms with van der Waals surface area (Å²) < 4.78 is 5.37. The number of hydrogen-bond acceptors (Lipinski definition) is 5. The maximum Gasteiger partial charge on any atom is 0.143 e. The molecule has 1 aromatic heterocycles. The minimum atomic E-state index is 0.314. The van der Waals surface area contributed by atoms with Crippen LogP contribution in [0.5, 0.6) is 0 Å². The highest BCUT2D eigenvalue weighted by atomic mass is 16.5. The van der Waals surface area contributed by atoms with E-state index in [-0.39, 0.29) is 0 Å². The molecule has 17 heavy (non-hydrogen) atoms. The molecule has 1 aliphatic heterocycles. The summed E-state index contributed by atoms with van der Waals surface area (Å²) in [4.78, 5) is 9.03. The van der Waals surface area contributed by atoms with E-state index in [2.05, 4.69) is 29.2 Å². The minimum absolute atomic E-state index is 0.314. The van der Waals surface area contributed by atoms with E-state index in [4.69, 9.17) is 10.6 Å². The van der Waals surface area contributed by atoms with Gasteiger partial charge in [0.2, 0.25) is 0 Å². The van der Waals surface area contributed by atoms with Crippen LogP contribution in [-0.4, -0.2) is 23.2 Å². The maximum absolute atomic E-state index is 5.45. The molecule has 0 saturated carbocycles. The Kier molecular flexibility index (Phi) is 3.91. The molecule has 0 radical (unpaired) electrons. The molecule has 2 rings (SSSR count). The Morgan fingerprint density at radius 3 is 2.94 bits per heavy atom. The summed E-state index contributed by atoms with van der Waals surface area (Å²) in [5.74, 6) is 7.88. The number of rotatable bonds is 4. The molecule has 0 aliphatic carbocycles. The van der Waals surface area contributed by atoms with Crippen LogP contribution in [0.4, 0.5) is 5.82 Å². The van der Waals surface area contributed by atoms with Crippen molar-refractivity contribution < 1.29 is 4.74 Å². The van der Waals surface area contributed by atoms with Gasteiger partial charge in [0.15, 0.2) is 0 Å². The molecule has 0 amide bonds. The SMILES string of the molecule is CC(C)Cc1cc(NN)nc(C2CCOC2)n1. The lowest BCUT2D eigenvalue weighted by Gasteiger charge is -2.12. The Hall–Kier alpha value is -1.20. The highest BCUT2D eigenvalue weighted by Crippen LogP contribution is 2.24. The Morgan fingerprint density at radius 2 is 2.35 bits per heavy atom. The summed E-state index contributed by atoms with van der Waals surface area (Å²) in [6, 6.07) is 1.92. The zero-order chi connectivity index (χ0) is 12.3. The minimum Gasteiger partial charge on any atom is -0.381 e. The summed E-state index contributed by atoms with van der Waals surface area (Å²) >= 11 is 0. The summed E-state index contributed by atoms with van der Waals surface area (Å²) in [5, 5.41) is 0. The predicted molar refractivity (Wildman–Crippen MR) is 66.6 cm³/mol. The lowest BCUT2D eigenvalue weighted by Crippen LogP contribution is -2.14. The molecule has 1 fully saturated rings. The number of nitrogens with two attached hydrogens (primary N) is 1.